The Morgan fingerprint density at radius 3 is 2.80 bits per heavy atom. The molecule has 0 spiro atoms. The summed E-state index contributed by atoms with van der Waals surface area (Å²) in [6.45, 7) is 6.83. The molecule has 1 aromatic heterocycles. The zero-order valence-corrected chi connectivity index (χ0v) is 11.9. The lowest BCUT2D eigenvalue weighted by molar-refractivity contribution is 0.466. The van der Waals surface area contributed by atoms with Gasteiger partial charge in [0, 0.05) is 12.2 Å². The standard InChI is InChI=1S/C14H18FN5/c1-8-4-10(16)5-11(12(8)15)13-17-18-19-20(13)7-9-6-14(9,2)3/h4-5,9H,6-7,16H2,1-3H3. The van der Waals surface area contributed by atoms with Crippen LogP contribution in [-0.4, -0.2) is 20.2 Å². The maximum atomic E-state index is 14.3. The van der Waals surface area contributed by atoms with Crippen molar-refractivity contribution in [3.8, 4) is 11.4 Å². The second-order valence-corrected chi connectivity index (χ2v) is 6.27. The first kappa shape index (κ1) is 13.0. The topological polar surface area (TPSA) is 69.6 Å². The molecular formula is C14H18FN5. The number of aryl methyl sites for hydroxylation is 1. The molecule has 1 unspecified atom stereocenters. The van der Waals surface area contributed by atoms with Gasteiger partial charge in [-0.1, -0.05) is 13.8 Å². The molecule has 1 fully saturated rings. The van der Waals surface area contributed by atoms with Crippen LogP contribution in [0.1, 0.15) is 25.8 Å². The van der Waals surface area contributed by atoms with E-state index in [4.69, 9.17) is 5.73 Å². The number of halogens is 1. The van der Waals surface area contributed by atoms with Gasteiger partial charge in [0.1, 0.15) is 5.82 Å². The average Bonchev–Trinajstić information content (AvgIpc) is 2.76. The molecule has 0 aliphatic heterocycles. The Morgan fingerprint density at radius 2 is 2.15 bits per heavy atom. The van der Waals surface area contributed by atoms with Crippen LogP contribution in [0.15, 0.2) is 12.1 Å². The maximum absolute atomic E-state index is 14.3. The Hall–Kier alpha value is -1.98. The Kier molecular flexibility index (Phi) is 2.77. The quantitative estimate of drug-likeness (QED) is 0.873. The van der Waals surface area contributed by atoms with Gasteiger partial charge in [-0.05, 0) is 52.8 Å². The highest BCUT2D eigenvalue weighted by molar-refractivity contribution is 5.63. The maximum Gasteiger partial charge on any atom is 0.185 e. The summed E-state index contributed by atoms with van der Waals surface area (Å²) in [7, 11) is 0. The first-order chi connectivity index (χ1) is 9.38. The third-order valence-corrected chi connectivity index (χ3v) is 4.16. The largest absolute Gasteiger partial charge is 0.399 e. The van der Waals surface area contributed by atoms with Crippen molar-refractivity contribution in [1.29, 1.82) is 0 Å². The van der Waals surface area contributed by atoms with E-state index in [9.17, 15) is 4.39 Å². The molecule has 1 aliphatic carbocycles. The smallest absolute Gasteiger partial charge is 0.185 e. The van der Waals surface area contributed by atoms with E-state index in [-0.39, 0.29) is 5.82 Å². The number of hydrogen-bond acceptors (Lipinski definition) is 4. The van der Waals surface area contributed by atoms with Gasteiger partial charge in [0.15, 0.2) is 5.82 Å². The van der Waals surface area contributed by atoms with Crippen LogP contribution in [0, 0.1) is 24.1 Å². The van der Waals surface area contributed by atoms with E-state index < -0.39 is 0 Å². The first-order valence-corrected chi connectivity index (χ1v) is 6.70. The van der Waals surface area contributed by atoms with Gasteiger partial charge in [0.05, 0.1) is 5.56 Å². The molecule has 0 amide bonds. The van der Waals surface area contributed by atoms with Crippen LogP contribution in [0.2, 0.25) is 0 Å². The molecule has 1 saturated carbocycles. The van der Waals surface area contributed by atoms with Crippen LogP contribution in [0.4, 0.5) is 10.1 Å². The number of anilines is 1. The van der Waals surface area contributed by atoms with Crippen molar-refractivity contribution in [2.75, 3.05) is 5.73 Å². The molecule has 1 heterocycles. The number of nitrogens with zero attached hydrogens (tertiary/aromatic N) is 4. The van der Waals surface area contributed by atoms with E-state index in [1.165, 1.54) is 0 Å². The van der Waals surface area contributed by atoms with Crippen LogP contribution in [0.3, 0.4) is 0 Å². The molecule has 1 atom stereocenters. The van der Waals surface area contributed by atoms with Gasteiger partial charge in [0.2, 0.25) is 0 Å². The van der Waals surface area contributed by atoms with E-state index >= 15 is 0 Å². The fourth-order valence-corrected chi connectivity index (χ4v) is 2.58. The zero-order valence-electron chi connectivity index (χ0n) is 11.9. The lowest BCUT2D eigenvalue weighted by Crippen LogP contribution is -2.08. The number of aromatic nitrogens is 4. The van der Waals surface area contributed by atoms with Crippen LogP contribution >= 0.6 is 0 Å². The molecule has 2 N–H and O–H groups in total. The molecule has 3 rings (SSSR count). The van der Waals surface area contributed by atoms with E-state index in [0.29, 0.717) is 40.5 Å². The van der Waals surface area contributed by atoms with E-state index in [1.54, 1.807) is 23.7 Å². The summed E-state index contributed by atoms with van der Waals surface area (Å²) in [5.41, 5.74) is 7.51. The number of benzene rings is 1. The Morgan fingerprint density at radius 1 is 1.45 bits per heavy atom. The predicted octanol–water partition coefficient (Wildman–Crippen LogP) is 2.42. The molecule has 1 aliphatic rings. The van der Waals surface area contributed by atoms with Crippen LogP contribution in [-0.2, 0) is 6.54 Å². The highest BCUT2D eigenvalue weighted by atomic mass is 19.1. The van der Waals surface area contributed by atoms with Crippen molar-refractivity contribution < 1.29 is 4.39 Å². The fraction of sp³-hybridized carbons (Fsp3) is 0.500. The lowest BCUT2D eigenvalue weighted by Gasteiger charge is -2.09. The van der Waals surface area contributed by atoms with Gasteiger partial charge in [-0.15, -0.1) is 5.10 Å². The number of nitrogen functional groups attached to an aromatic ring is 1. The van der Waals surface area contributed by atoms with Gasteiger partial charge in [-0.2, -0.15) is 0 Å². The van der Waals surface area contributed by atoms with Gasteiger partial charge in [-0.3, -0.25) is 0 Å². The van der Waals surface area contributed by atoms with Crippen molar-refractivity contribution in [3.05, 3.63) is 23.5 Å². The molecule has 6 heteroatoms. The average molecular weight is 275 g/mol. The fourth-order valence-electron chi connectivity index (χ4n) is 2.58. The van der Waals surface area contributed by atoms with Crippen molar-refractivity contribution in [1.82, 2.24) is 20.2 Å². The van der Waals surface area contributed by atoms with Gasteiger partial charge >= 0.3 is 0 Å². The summed E-state index contributed by atoms with van der Waals surface area (Å²) in [5.74, 6) is 0.667. The van der Waals surface area contributed by atoms with E-state index in [2.05, 4.69) is 29.4 Å². The summed E-state index contributed by atoms with van der Waals surface area (Å²) in [4.78, 5) is 0. The highest BCUT2D eigenvalue weighted by Crippen LogP contribution is 2.52. The normalized spacial score (nSPS) is 20.1. The van der Waals surface area contributed by atoms with Crippen molar-refractivity contribution >= 4 is 5.69 Å². The SMILES string of the molecule is Cc1cc(N)cc(-c2nnnn2CC2CC2(C)C)c1F. The predicted molar refractivity (Wildman–Crippen MR) is 74.2 cm³/mol. The Balaban J connectivity index is 1.98. The number of tetrazole rings is 1. The minimum absolute atomic E-state index is 0.315. The summed E-state index contributed by atoms with van der Waals surface area (Å²) in [6.07, 6.45) is 1.14. The Bertz CT molecular complexity index is 662. The minimum Gasteiger partial charge on any atom is -0.399 e. The summed E-state index contributed by atoms with van der Waals surface area (Å²) < 4.78 is 15.9. The second kappa shape index (κ2) is 4.26. The Labute approximate surface area is 117 Å². The number of nitrogens with two attached hydrogens (primary N) is 1. The van der Waals surface area contributed by atoms with E-state index in [0.717, 1.165) is 6.42 Å². The van der Waals surface area contributed by atoms with Gasteiger partial charge in [0.25, 0.3) is 0 Å². The van der Waals surface area contributed by atoms with Crippen LogP contribution < -0.4 is 5.73 Å². The summed E-state index contributed by atoms with van der Waals surface area (Å²) >= 11 is 0. The monoisotopic (exact) mass is 275 g/mol. The number of rotatable bonds is 3. The molecule has 2 aromatic rings. The van der Waals surface area contributed by atoms with Crippen molar-refractivity contribution in [2.24, 2.45) is 11.3 Å². The molecule has 1 aromatic carbocycles. The summed E-state index contributed by atoms with van der Waals surface area (Å²) in [5, 5.41) is 11.6. The van der Waals surface area contributed by atoms with Gasteiger partial charge in [-0.25, -0.2) is 9.07 Å². The van der Waals surface area contributed by atoms with Crippen LogP contribution in [0.5, 0.6) is 0 Å². The summed E-state index contributed by atoms with van der Waals surface area (Å²) in [6, 6.07) is 3.19. The number of hydrogen-bond donors (Lipinski definition) is 1. The van der Waals surface area contributed by atoms with Crippen LogP contribution in [0.25, 0.3) is 11.4 Å². The third kappa shape index (κ3) is 2.15. The molecule has 20 heavy (non-hydrogen) atoms. The zero-order chi connectivity index (χ0) is 14.5. The molecular weight excluding hydrogens is 257 g/mol. The highest BCUT2D eigenvalue weighted by Gasteiger charge is 2.46. The minimum atomic E-state index is -0.315. The van der Waals surface area contributed by atoms with Gasteiger partial charge < -0.3 is 5.73 Å². The molecule has 5 nitrogen and oxygen atoms in total. The van der Waals surface area contributed by atoms with Crippen molar-refractivity contribution in [3.63, 3.8) is 0 Å². The second-order valence-electron chi connectivity index (χ2n) is 6.27. The molecule has 0 radical (unpaired) electrons. The first-order valence-electron chi connectivity index (χ1n) is 6.70. The van der Waals surface area contributed by atoms with E-state index in [1.807, 2.05) is 0 Å². The van der Waals surface area contributed by atoms with Crippen molar-refractivity contribution in [2.45, 2.75) is 33.7 Å². The molecule has 0 bridgehead atoms. The molecule has 106 valence electrons. The lowest BCUT2D eigenvalue weighted by atomic mass is 10.1. The molecule has 0 saturated heterocycles. The third-order valence-electron chi connectivity index (χ3n) is 4.16.